The van der Waals surface area contributed by atoms with E-state index in [0.29, 0.717) is 12.1 Å². The highest BCUT2D eigenvalue weighted by Crippen LogP contribution is 2.27. The highest BCUT2D eigenvalue weighted by Gasteiger charge is 2.35. The quantitative estimate of drug-likeness (QED) is 0.595. The molecule has 1 aliphatic rings. The van der Waals surface area contributed by atoms with E-state index >= 15 is 0 Å². The molecule has 1 aliphatic heterocycles. The molecule has 10 heteroatoms. The molecule has 118 valence electrons. The van der Waals surface area contributed by atoms with E-state index in [0.717, 1.165) is 0 Å². The van der Waals surface area contributed by atoms with Crippen molar-refractivity contribution in [2.45, 2.75) is 31.4 Å². The molecular formula is C12H16N6O4. The molecule has 4 N–H and O–H groups in total. The minimum absolute atomic E-state index is 0.160. The number of aromatic nitrogens is 5. The van der Waals surface area contributed by atoms with E-state index in [4.69, 9.17) is 15.6 Å². The molecule has 22 heavy (non-hydrogen) atoms. The predicted molar refractivity (Wildman–Crippen MR) is 73.7 cm³/mol. The number of ether oxygens (including phenoxy) is 1. The van der Waals surface area contributed by atoms with Gasteiger partial charge in [-0.05, 0) is 6.07 Å². The molecule has 3 rings (SSSR count). The summed E-state index contributed by atoms with van der Waals surface area (Å²) in [7, 11) is 0. The summed E-state index contributed by atoms with van der Waals surface area (Å²) in [6.07, 6.45) is 1.61. The topological polar surface area (TPSA) is 141 Å². The number of rotatable bonds is 4. The Morgan fingerprint density at radius 2 is 2.32 bits per heavy atom. The van der Waals surface area contributed by atoms with Crippen molar-refractivity contribution in [1.29, 1.82) is 0 Å². The maximum Gasteiger partial charge on any atom is 0.349 e. The summed E-state index contributed by atoms with van der Waals surface area (Å²) in [6, 6.07) is 1.52. The Labute approximate surface area is 124 Å². The van der Waals surface area contributed by atoms with Crippen LogP contribution in [-0.2, 0) is 11.3 Å². The van der Waals surface area contributed by atoms with Crippen LogP contribution in [0, 0.1) is 0 Å². The van der Waals surface area contributed by atoms with Crippen molar-refractivity contribution in [1.82, 2.24) is 24.5 Å². The van der Waals surface area contributed by atoms with E-state index in [-0.39, 0.29) is 19.0 Å². The second-order valence-electron chi connectivity index (χ2n) is 5.07. The van der Waals surface area contributed by atoms with E-state index < -0.39 is 24.1 Å². The van der Waals surface area contributed by atoms with Gasteiger partial charge in [0.1, 0.15) is 17.6 Å². The molecule has 3 heterocycles. The molecular weight excluding hydrogens is 292 g/mol. The van der Waals surface area contributed by atoms with Crippen LogP contribution in [0.1, 0.15) is 18.3 Å². The summed E-state index contributed by atoms with van der Waals surface area (Å²) in [5.41, 5.74) is 5.50. The van der Waals surface area contributed by atoms with Crippen LogP contribution in [-0.4, -0.2) is 53.6 Å². The first-order valence-electron chi connectivity index (χ1n) is 6.75. The molecule has 0 radical (unpaired) electrons. The number of nitrogens with zero attached hydrogens (tertiary/aromatic N) is 5. The molecule has 0 unspecified atom stereocenters. The fraction of sp³-hybridized carbons (Fsp3) is 0.500. The highest BCUT2D eigenvalue weighted by atomic mass is 16.5. The standard InChI is InChI=1S/C12H16N6O4/c13-10-1-2-17(12(21)14-10)4-7-5-18(16-15-7)11-3-8(20)9(6-19)22-11/h1-2,5,8-9,11,19-20H,3-4,6H2,(H2,13,14,21)/t8-,9+,11+/m0/s1. The van der Waals surface area contributed by atoms with Crippen molar-refractivity contribution in [2.24, 2.45) is 0 Å². The van der Waals surface area contributed by atoms with Gasteiger partial charge in [0.25, 0.3) is 0 Å². The molecule has 10 nitrogen and oxygen atoms in total. The normalized spacial score (nSPS) is 24.7. The molecule has 3 atom stereocenters. The van der Waals surface area contributed by atoms with Crippen LogP contribution in [0.25, 0.3) is 0 Å². The van der Waals surface area contributed by atoms with Crippen molar-refractivity contribution < 1.29 is 14.9 Å². The van der Waals surface area contributed by atoms with Crippen molar-refractivity contribution in [3.63, 3.8) is 0 Å². The lowest BCUT2D eigenvalue weighted by molar-refractivity contribution is -0.0489. The molecule has 1 saturated heterocycles. The number of anilines is 1. The van der Waals surface area contributed by atoms with Crippen molar-refractivity contribution in [3.05, 3.63) is 34.6 Å². The summed E-state index contributed by atoms with van der Waals surface area (Å²) in [4.78, 5) is 15.3. The maximum absolute atomic E-state index is 11.7. The molecule has 2 aromatic rings. The molecule has 0 aromatic carbocycles. The van der Waals surface area contributed by atoms with Gasteiger partial charge in [-0.3, -0.25) is 4.57 Å². The molecule has 0 aliphatic carbocycles. The summed E-state index contributed by atoms with van der Waals surface area (Å²) in [5, 5.41) is 26.7. The molecule has 0 saturated carbocycles. The van der Waals surface area contributed by atoms with E-state index in [9.17, 15) is 9.90 Å². The minimum atomic E-state index is -0.744. The third-order valence-corrected chi connectivity index (χ3v) is 3.46. The fourth-order valence-electron chi connectivity index (χ4n) is 2.30. The Kier molecular flexibility index (Phi) is 3.88. The van der Waals surface area contributed by atoms with E-state index in [1.54, 1.807) is 6.20 Å². The number of nitrogen functional groups attached to an aromatic ring is 1. The first-order chi connectivity index (χ1) is 10.6. The van der Waals surface area contributed by atoms with Gasteiger partial charge in [-0.2, -0.15) is 4.98 Å². The Morgan fingerprint density at radius 3 is 3.00 bits per heavy atom. The van der Waals surface area contributed by atoms with E-state index in [2.05, 4.69) is 15.3 Å². The van der Waals surface area contributed by atoms with Gasteiger partial charge in [0.15, 0.2) is 6.23 Å². The highest BCUT2D eigenvalue weighted by molar-refractivity contribution is 5.23. The van der Waals surface area contributed by atoms with Gasteiger partial charge in [-0.1, -0.05) is 5.21 Å². The second kappa shape index (κ2) is 5.83. The number of aliphatic hydroxyl groups is 2. The fourth-order valence-corrected chi connectivity index (χ4v) is 2.30. The van der Waals surface area contributed by atoms with Crippen molar-refractivity contribution >= 4 is 5.82 Å². The minimum Gasteiger partial charge on any atom is -0.394 e. The van der Waals surface area contributed by atoms with Gasteiger partial charge in [0.2, 0.25) is 0 Å². The molecule has 0 amide bonds. The van der Waals surface area contributed by atoms with Crippen LogP contribution in [0.4, 0.5) is 5.82 Å². The molecule has 0 spiro atoms. The molecule has 1 fully saturated rings. The monoisotopic (exact) mass is 308 g/mol. The summed E-state index contributed by atoms with van der Waals surface area (Å²) in [6.45, 7) is -0.0590. The van der Waals surface area contributed by atoms with Crippen LogP contribution in [0.15, 0.2) is 23.3 Å². The van der Waals surface area contributed by atoms with Crippen LogP contribution >= 0.6 is 0 Å². The maximum atomic E-state index is 11.7. The van der Waals surface area contributed by atoms with Crippen LogP contribution in [0.2, 0.25) is 0 Å². The number of aliphatic hydroxyl groups excluding tert-OH is 2. The third-order valence-electron chi connectivity index (χ3n) is 3.46. The Hall–Kier alpha value is -2.30. The number of hydrogen-bond acceptors (Lipinski definition) is 8. The second-order valence-corrected chi connectivity index (χ2v) is 5.07. The average Bonchev–Trinajstić information content (AvgIpc) is 3.08. The summed E-state index contributed by atoms with van der Waals surface area (Å²) in [5.74, 6) is 0.160. The first-order valence-corrected chi connectivity index (χ1v) is 6.75. The SMILES string of the molecule is Nc1ccn(Cc2cn([C@H]3C[C@H](O)[C@@H](CO)O3)nn2)c(=O)n1. The molecule has 2 aromatic heterocycles. The first kappa shape index (κ1) is 14.6. The van der Waals surface area contributed by atoms with Crippen LogP contribution in [0.5, 0.6) is 0 Å². The zero-order valence-corrected chi connectivity index (χ0v) is 11.6. The lowest BCUT2D eigenvalue weighted by atomic mass is 10.2. The van der Waals surface area contributed by atoms with Crippen LogP contribution < -0.4 is 11.4 Å². The Bertz CT molecular complexity index is 714. The average molecular weight is 308 g/mol. The number of nitrogens with two attached hydrogens (primary N) is 1. The van der Waals surface area contributed by atoms with Crippen LogP contribution in [0.3, 0.4) is 0 Å². The van der Waals surface area contributed by atoms with E-state index in [1.165, 1.54) is 21.5 Å². The lowest BCUT2D eigenvalue weighted by Crippen LogP contribution is -2.24. The lowest BCUT2D eigenvalue weighted by Gasteiger charge is -2.11. The Morgan fingerprint density at radius 1 is 1.50 bits per heavy atom. The van der Waals surface area contributed by atoms with Gasteiger partial charge >= 0.3 is 5.69 Å². The predicted octanol–water partition coefficient (Wildman–Crippen LogP) is -1.89. The van der Waals surface area contributed by atoms with Gasteiger partial charge < -0.3 is 20.7 Å². The van der Waals surface area contributed by atoms with Crippen molar-refractivity contribution in [2.75, 3.05) is 12.3 Å². The van der Waals surface area contributed by atoms with E-state index in [1.807, 2.05) is 0 Å². The smallest absolute Gasteiger partial charge is 0.349 e. The third kappa shape index (κ3) is 2.84. The number of hydrogen-bond donors (Lipinski definition) is 3. The van der Waals surface area contributed by atoms with Gasteiger partial charge in [-0.25, -0.2) is 9.48 Å². The Balaban J connectivity index is 1.73. The van der Waals surface area contributed by atoms with Gasteiger partial charge in [0, 0.05) is 12.6 Å². The molecule has 0 bridgehead atoms. The largest absolute Gasteiger partial charge is 0.394 e. The van der Waals surface area contributed by atoms with Crippen molar-refractivity contribution in [3.8, 4) is 0 Å². The summed E-state index contributed by atoms with van der Waals surface area (Å²) >= 11 is 0. The zero-order chi connectivity index (χ0) is 15.7. The van der Waals surface area contributed by atoms with Gasteiger partial charge in [-0.15, -0.1) is 5.10 Å². The van der Waals surface area contributed by atoms with Gasteiger partial charge in [0.05, 0.1) is 25.5 Å². The summed E-state index contributed by atoms with van der Waals surface area (Å²) < 4.78 is 8.29. The zero-order valence-electron chi connectivity index (χ0n) is 11.6.